The maximum absolute atomic E-state index is 13.1. The van der Waals surface area contributed by atoms with Crippen molar-refractivity contribution in [2.24, 2.45) is 5.92 Å². The number of carbonyl (C=O) groups is 1. The first kappa shape index (κ1) is 20.9. The van der Waals surface area contributed by atoms with Gasteiger partial charge in [0.15, 0.2) is 5.65 Å². The Hall–Kier alpha value is -2.96. The highest BCUT2D eigenvalue weighted by Crippen LogP contribution is 2.32. The van der Waals surface area contributed by atoms with E-state index in [2.05, 4.69) is 14.9 Å². The van der Waals surface area contributed by atoms with Crippen molar-refractivity contribution in [2.45, 2.75) is 57.4 Å². The van der Waals surface area contributed by atoms with Gasteiger partial charge in [-0.05, 0) is 37.8 Å². The molecule has 0 N–H and O–H groups in total. The first-order chi connectivity index (χ1) is 15.8. The summed E-state index contributed by atoms with van der Waals surface area (Å²) in [5, 5.41) is 4.92. The van der Waals surface area contributed by atoms with E-state index in [-0.39, 0.29) is 11.8 Å². The highest BCUT2D eigenvalue weighted by Gasteiger charge is 2.32. The summed E-state index contributed by atoms with van der Waals surface area (Å²) in [7, 11) is 0. The lowest BCUT2D eigenvalue weighted by molar-refractivity contribution is -0.137. The zero-order valence-electron chi connectivity index (χ0n) is 18.5. The molecule has 7 heteroatoms. The molecule has 0 unspecified atom stereocenters. The lowest BCUT2D eigenvalue weighted by Crippen LogP contribution is -2.43. The third kappa shape index (κ3) is 4.47. The average Bonchev–Trinajstić information content (AvgIpc) is 3.24. The molecule has 2 fully saturated rings. The molecule has 2 aliphatic rings. The van der Waals surface area contributed by atoms with Crippen molar-refractivity contribution in [3.8, 4) is 5.75 Å². The summed E-state index contributed by atoms with van der Waals surface area (Å²) in [6.07, 6.45) is 11.2. The highest BCUT2D eigenvalue weighted by atomic mass is 16.5. The fraction of sp³-hybridized carbons (Fsp3) is 0.520. The molecule has 168 valence electrons. The number of nitrogens with zero attached hydrogens (tertiary/aromatic N) is 5. The van der Waals surface area contributed by atoms with Crippen LogP contribution in [0.25, 0.3) is 11.2 Å². The van der Waals surface area contributed by atoms with Gasteiger partial charge in [0.25, 0.3) is 0 Å². The van der Waals surface area contributed by atoms with Crippen LogP contribution >= 0.6 is 0 Å². The molecule has 7 nitrogen and oxygen atoms in total. The second-order valence-electron chi connectivity index (χ2n) is 8.96. The second-order valence-corrected chi connectivity index (χ2v) is 8.96. The highest BCUT2D eigenvalue weighted by molar-refractivity contribution is 5.79. The Morgan fingerprint density at radius 3 is 2.66 bits per heavy atom. The third-order valence-corrected chi connectivity index (χ3v) is 6.78. The van der Waals surface area contributed by atoms with Crippen LogP contribution in [0.2, 0.25) is 0 Å². The number of ether oxygens (including phenoxy) is 1. The Morgan fingerprint density at radius 2 is 1.81 bits per heavy atom. The molecule has 5 rings (SSSR count). The van der Waals surface area contributed by atoms with Crippen molar-refractivity contribution < 1.29 is 9.53 Å². The van der Waals surface area contributed by atoms with Crippen LogP contribution in [0.3, 0.4) is 0 Å². The van der Waals surface area contributed by atoms with E-state index in [1.54, 1.807) is 12.4 Å². The first-order valence-corrected chi connectivity index (χ1v) is 11.9. The minimum atomic E-state index is 0.201. The number of hydrogen-bond acceptors (Lipinski definition) is 5. The number of fused-ring (bicyclic) bond motifs is 1. The first-order valence-electron chi connectivity index (χ1n) is 11.9. The molecule has 2 aromatic heterocycles. The van der Waals surface area contributed by atoms with Gasteiger partial charge in [0, 0.05) is 37.3 Å². The standard InChI is InChI=1S/C25H31N5O2/c31-25(19-8-3-1-4-9-19)29-15-7-10-20(18-29)22-23-24(27-14-13-26-23)30(28-22)16-17-32-21-11-5-2-6-12-21/h2,5-6,11-14,19-20H,1,3-4,7-10,15-18H2/t20-/m0/s1. The SMILES string of the molecule is O=C(C1CCCCC1)N1CCC[C@H](c2nn(CCOc3ccccc3)c3nccnc23)C1. The van der Waals surface area contributed by atoms with Gasteiger partial charge in [0.05, 0.1) is 12.2 Å². The number of rotatable bonds is 6. The number of amides is 1. The third-order valence-electron chi connectivity index (χ3n) is 6.78. The number of benzene rings is 1. The van der Waals surface area contributed by atoms with E-state index in [9.17, 15) is 4.79 Å². The molecule has 32 heavy (non-hydrogen) atoms. The van der Waals surface area contributed by atoms with Crippen LogP contribution < -0.4 is 4.74 Å². The Morgan fingerprint density at radius 1 is 1.00 bits per heavy atom. The van der Waals surface area contributed by atoms with E-state index in [1.165, 1.54) is 19.3 Å². The molecule has 1 amide bonds. The van der Waals surface area contributed by atoms with Crippen molar-refractivity contribution in [3.63, 3.8) is 0 Å². The molecule has 1 aliphatic carbocycles. The zero-order valence-corrected chi connectivity index (χ0v) is 18.5. The molecule has 1 saturated carbocycles. The summed E-state index contributed by atoms with van der Waals surface area (Å²) in [6, 6.07) is 9.80. The monoisotopic (exact) mass is 433 g/mol. The van der Waals surface area contributed by atoms with E-state index in [4.69, 9.17) is 9.84 Å². The number of piperidine rings is 1. The molecular formula is C25H31N5O2. The quantitative estimate of drug-likeness (QED) is 0.583. The van der Waals surface area contributed by atoms with Crippen LogP contribution in [-0.2, 0) is 11.3 Å². The van der Waals surface area contributed by atoms with Crippen LogP contribution in [0.4, 0.5) is 0 Å². The minimum Gasteiger partial charge on any atom is -0.492 e. The van der Waals surface area contributed by atoms with E-state index in [1.807, 2.05) is 35.0 Å². The van der Waals surface area contributed by atoms with Crippen LogP contribution in [0, 0.1) is 5.92 Å². The van der Waals surface area contributed by atoms with Gasteiger partial charge >= 0.3 is 0 Å². The van der Waals surface area contributed by atoms with Gasteiger partial charge in [-0.2, -0.15) is 5.10 Å². The van der Waals surface area contributed by atoms with E-state index in [0.29, 0.717) is 19.1 Å². The van der Waals surface area contributed by atoms with Gasteiger partial charge in [-0.1, -0.05) is 37.5 Å². The number of likely N-dealkylation sites (tertiary alicyclic amines) is 1. The summed E-state index contributed by atoms with van der Waals surface area (Å²) >= 11 is 0. The second kappa shape index (κ2) is 9.67. The molecular weight excluding hydrogens is 402 g/mol. The normalized spacial score (nSPS) is 19.9. The van der Waals surface area contributed by atoms with Crippen molar-refractivity contribution in [3.05, 3.63) is 48.4 Å². The van der Waals surface area contributed by atoms with Gasteiger partial charge in [-0.25, -0.2) is 14.6 Å². The van der Waals surface area contributed by atoms with Gasteiger partial charge in [-0.15, -0.1) is 0 Å². The van der Waals surface area contributed by atoms with E-state index in [0.717, 1.165) is 61.4 Å². The van der Waals surface area contributed by atoms with Crippen LogP contribution in [0.5, 0.6) is 5.75 Å². The van der Waals surface area contributed by atoms with Gasteiger partial charge < -0.3 is 9.64 Å². The average molecular weight is 434 g/mol. The molecule has 1 saturated heterocycles. The fourth-order valence-electron chi connectivity index (χ4n) is 5.13. The Kier molecular flexibility index (Phi) is 6.32. The summed E-state index contributed by atoms with van der Waals surface area (Å²) in [5.41, 5.74) is 2.60. The summed E-state index contributed by atoms with van der Waals surface area (Å²) < 4.78 is 7.77. The summed E-state index contributed by atoms with van der Waals surface area (Å²) in [4.78, 5) is 24.4. The van der Waals surface area contributed by atoms with Crippen LogP contribution in [0.1, 0.15) is 56.6 Å². The molecule has 0 radical (unpaired) electrons. The Bertz CT molecular complexity index is 1040. The number of hydrogen-bond donors (Lipinski definition) is 0. The van der Waals surface area contributed by atoms with Crippen molar-refractivity contribution in [2.75, 3.05) is 19.7 Å². The number of aromatic nitrogens is 4. The van der Waals surface area contributed by atoms with Crippen molar-refractivity contribution >= 4 is 17.1 Å². The van der Waals surface area contributed by atoms with Crippen LogP contribution in [0.15, 0.2) is 42.7 Å². The molecule has 0 bridgehead atoms. The van der Waals surface area contributed by atoms with Gasteiger partial charge in [0.2, 0.25) is 5.91 Å². The largest absolute Gasteiger partial charge is 0.492 e. The summed E-state index contributed by atoms with van der Waals surface area (Å²) in [6.45, 7) is 2.70. The zero-order chi connectivity index (χ0) is 21.8. The fourth-order valence-corrected chi connectivity index (χ4v) is 5.13. The van der Waals surface area contributed by atoms with Gasteiger partial charge in [-0.3, -0.25) is 4.79 Å². The number of carbonyl (C=O) groups excluding carboxylic acids is 1. The maximum atomic E-state index is 13.1. The molecule has 3 aromatic rings. The Labute approximate surface area is 188 Å². The molecule has 1 atom stereocenters. The lowest BCUT2D eigenvalue weighted by atomic mass is 9.86. The predicted octanol–water partition coefficient (Wildman–Crippen LogP) is 4.19. The topological polar surface area (TPSA) is 73.1 Å². The molecule has 0 spiro atoms. The smallest absolute Gasteiger partial charge is 0.225 e. The maximum Gasteiger partial charge on any atom is 0.225 e. The predicted molar refractivity (Wildman–Crippen MR) is 122 cm³/mol. The molecule has 1 aromatic carbocycles. The lowest BCUT2D eigenvalue weighted by Gasteiger charge is -2.35. The minimum absolute atomic E-state index is 0.201. The van der Waals surface area contributed by atoms with Crippen molar-refractivity contribution in [1.82, 2.24) is 24.6 Å². The number of para-hydroxylation sites is 1. The molecule has 1 aliphatic heterocycles. The van der Waals surface area contributed by atoms with E-state index >= 15 is 0 Å². The van der Waals surface area contributed by atoms with Gasteiger partial charge in [0.1, 0.15) is 17.9 Å². The molecule has 3 heterocycles. The Balaban J connectivity index is 1.31. The van der Waals surface area contributed by atoms with E-state index < -0.39 is 0 Å². The summed E-state index contributed by atoms with van der Waals surface area (Å²) in [5.74, 6) is 1.61. The van der Waals surface area contributed by atoms with Crippen LogP contribution in [-0.4, -0.2) is 50.3 Å². The van der Waals surface area contributed by atoms with Crippen molar-refractivity contribution in [1.29, 1.82) is 0 Å².